The zero-order valence-electron chi connectivity index (χ0n) is 3.86. The van der Waals surface area contributed by atoms with Crippen LogP contribution in [0, 0.1) is 0 Å². The fourth-order valence-electron chi connectivity index (χ4n) is 0. The van der Waals surface area contributed by atoms with Gasteiger partial charge in [-0.1, -0.05) is 0 Å². The third-order valence-electron chi connectivity index (χ3n) is 0.218. The van der Waals surface area contributed by atoms with Crippen LogP contribution < -0.4 is 0 Å². The molecule has 0 bridgehead atoms. The van der Waals surface area contributed by atoms with Crippen molar-refractivity contribution in [1.82, 2.24) is 0 Å². The molecular formula is C4H8BrMn. The zero-order chi connectivity index (χ0) is 4.28. The van der Waals surface area contributed by atoms with Gasteiger partial charge >= 0.3 is 40.4 Å². The van der Waals surface area contributed by atoms with Crippen LogP contribution in [0.3, 0.4) is 0 Å². The summed E-state index contributed by atoms with van der Waals surface area (Å²) in [7, 11) is 0. The Bertz CT molecular complexity index is 45.5. The van der Waals surface area contributed by atoms with Crippen LogP contribution >= 0.6 is 17.0 Å². The quantitative estimate of drug-likeness (QED) is 0.514. The maximum absolute atomic E-state index is 3.15. The molecule has 0 N–H and O–H groups in total. The van der Waals surface area contributed by atoms with E-state index in [9.17, 15) is 0 Å². The van der Waals surface area contributed by atoms with Crippen molar-refractivity contribution in [2.75, 3.05) is 0 Å². The molecule has 0 radical (unpaired) electrons. The summed E-state index contributed by atoms with van der Waals surface area (Å²) in [6.07, 6.45) is 0. The van der Waals surface area contributed by atoms with Crippen molar-refractivity contribution in [1.29, 1.82) is 0 Å². The second-order valence-electron chi connectivity index (χ2n) is 1.19. The summed E-state index contributed by atoms with van der Waals surface area (Å²) in [5.41, 5.74) is 1.30. The molecular weight excluding hydrogens is 183 g/mol. The second-order valence-corrected chi connectivity index (χ2v) is 1.53. The van der Waals surface area contributed by atoms with Crippen LogP contribution in [0.4, 0.5) is 0 Å². The predicted octanol–water partition coefficient (Wildman–Crippen LogP) is 2.03. The van der Waals surface area contributed by atoms with Crippen molar-refractivity contribution in [2.45, 2.75) is 13.8 Å². The molecule has 0 aromatic carbocycles. The first-order valence-corrected chi connectivity index (χ1v) is 2.19. The molecule has 0 atom stereocenters. The molecule has 0 aliphatic carbocycles. The molecule has 2 heteroatoms. The Morgan fingerprint density at radius 1 is 1.50 bits per heavy atom. The molecule has 0 amide bonds. The normalized spacial score (nSPS) is 5.83. The first-order valence-electron chi connectivity index (χ1n) is 1.51. The van der Waals surface area contributed by atoms with E-state index < -0.39 is 0 Å². The second kappa shape index (κ2) is 5.74. The van der Waals surface area contributed by atoms with Crippen LogP contribution in [-0.2, 0) is 16.0 Å². The molecule has 6 heavy (non-hydrogen) atoms. The fraction of sp³-hybridized carbons (Fsp3) is 0.500. The molecule has 0 saturated carbocycles. The Labute approximate surface area is 57.6 Å². The molecule has 0 aromatic rings. The van der Waals surface area contributed by atoms with E-state index in [-0.39, 0.29) is 17.0 Å². The maximum atomic E-state index is 3.15. The summed E-state index contributed by atoms with van der Waals surface area (Å²) in [5.74, 6) is 0. The van der Waals surface area contributed by atoms with Gasteiger partial charge in [0.05, 0.1) is 0 Å². The molecule has 0 unspecified atom stereocenters. The third kappa shape index (κ3) is 8.83. The van der Waals surface area contributed by atoms with Crippen LogP contribution in [0.25, 0.3) is 0 Å². The molecule has 0 spiro atoms. The number of halogens is 1. The molecule has 38 valence electrons. The summed E-state index contributed by atoms with van der Waals surface area (Å²) >= 11 is 3.15. The van der Waals surface area contributed by atoms with Crippen LogP contribution in [0.5, 0.6) is 0 Å². The minimum absolute atomic E-state index is 0. The van der Waals surface area contributed by atoms with Gasteiger partial charge in [-0.15, -0.1) is 17.0 Å². The average molecular weight is 191 g/mol. The van der Waals surface area contributed by atoms with Crippen LogP contribution in [0.15, 0.2) is 10.5 Å². The van der Waals surface area contributed by atoms with E-state index in [2.05, 4.69) is 16.0 Å². The van der Waals surface area contributed by atoms with Crippen molar-refractivity contribution in [3.8, 4) is 0 Å². The van der Waals surface area contributed by atoms with Gasteiger partial charge in [0.2, 0.25) is 0 Å². The van der Waals surface area contributed by atoms with E-state index in [1.54, 1.807) is 0 Å². The molecule has 0 rings (SSSR count). The van der Waals surface area contributed by atoms with Crippen LogP contribution in [0.1, 0.15) is 13.8 Å². The van der Waals surface area contributed by atoms with Gasteiger partial charge in [0.15, 0.2) is 0 Å². The van der Waals surface area contributed by atoms with Crippen molar-refractivity contribution in [2.24, 2.45) is 0 Å². The standard InChI is InChI=1S/C4H7.BrH.Mn/c1-4(2)3;;/h1H,2-3H3;1H;. The number of rotatable bonds is 0. The van der Waals surface area contributed by atoms with E-state index in [4.69, 9.17) is 0 Å². The van der Waals surface area contributed by atoms with Gasteiger partial charge < -0.3 is 0 Å². The van der Waals surface area contributed by atoms with E-state index in [0.29, 0.717) is 0 Å². The summed E-state index contributed by atoms with van der Waals surface area (Å²) in [6, 6.07) is 0. The monoisotopic (exact) mass is 190 g/mol. The Balaban J connectivity index is 0. The molecule has 0 aliphatic heterocycles. The number of allylic oxidation sites excluding steroid dienone is 1. The molecule has 0 heterocycles. The Kier molecular flexibility index (Phi) is 9.45. The molecule has 0 aromatic heterocycles. The molecule has 0 nitrogen and oxygen atoms in total. The Morgan fingerprint density at radius 2 is 1.67 bits per heavy atom. The van der Waals surface area contributed by atoms with Gasteiger partial charge in [0, 0.05) is 0 Å². The van der Waals surface area contributed by atoms with Crippen molar-refractivity contribution in [3.05, 3.63) is 10.5 Å². The van der Waals surface area contributed by atoms with E-state index in [1.165, 1.54) is 5.57 Å². The van der Waals surface area contributed by atoms with Gasteiger partial charge in [-0.3, -0.25) is 0 Å². The summed E-state index contributed by atoms with van der Waals surface area (Å²) in [5, 5.41) is 0. The van der Waals surface area contributed by atoms with Crippen LogP contribution in [-0.4, -0.2) is 0 Å². The van der Waals surface area contributed by atoms with Crippen LogP contribution in [0.2, 0.25) is 0 Å². The third-order valence-corrected chi connectivity index (χ3v) is 0.900. The summed E-state index contributed by atoms with van der Waals surface area (Å²) in [4.78, 5) is 1.90. The fourth-order valence-corrected chi connectivity index (χ4v) is 0. The zero-order valence-corrected chi connectivity index (χ0v) is 6.76. The molecule has 0 saturated heterocycles. The molecule has 0 fully saturated rings. The van der Waals surface area contributed by atoms with E-state index in [1.807, 2.05) is 18.8 Å². The van der Waals surface area contributed by atoms with Gasteiger partial charge in [0.1, 0.15) is 0 Å². The summed E-state index contributed by atoms with van der Waals surface area (Å²) in [6.45, 7) is 4.07. The van der Waals surface area contributed by atoms with E-state index >= 15 is 0 Å². The van der Waals surface area contributed by atoms with Crippen molar-refractivity contribution < 1.29 is 16.0 Å². The first kappa shape index (κ1) is 9.88. The van der Waals surface area contributed by atoms with Gasteiger partial charge in [-0.05, 0) is 0 Å². The first-order chi connectivity index (χ1) is 2.27. The minimum atomic E-state index is 0. The number of hydrogen-bond donors (Lipinski definition) is 0. The topological polar surface area (TPSA) is 0 Å². The summed E-state index contributed by atoms with van der Waals surface area (Å²) < 4.78 is 0. The van der Waals surface area contributed by atoms with Crippen molar-refractivity contribution in [3.63, 3.8) is 0 Å². The van der Waals surface area contributed by atoms with Gasteiger partial charge in [0.25, 0.3) is 0 Å². The molecule has 0 aliphatic rings. The van der Waals surface area contributed by atoms with Crippen molar-refractivity contribution >= 4 is 17.0 Å². The Morgan fingerprint density at radius 3 is 1.67 bits per heavy atom. The predicted molar refractivity (Wildman–Crippen MR) is 29.8 cm³/mol. The Hall–Kier alpha value is 0.739. The number of hydrogen-bond acceptors (Lipinski definition) is 0. The average Bonchev–Trinajstić information content (AvgIpc) is 1.38. The van der Waals surface area contributed by atoms with Gasteiger partial charge in [-0.2, -0.15) is 0 Å². The van der Waals surface area contributed by atoms with Gasteiger partial charge in [-0.25, -0.2) is 0 Å². The SMILES string of the molecule is Br.CC(C)=[CH][Mn]. The van der Waals surface area contributed by atoms with E-state index in [0.717, 1.165) is 0 Å².